The lowest BCUT2D eigenvalue weighted by Crippen LogP contribution is -2.52. The molecule has 0 atom stereocenters. The van der Waals surface area contributed by atoms with E-state index >= 15 is 0 Å². The molecule has 0 saturated carbocycles. The summed E-state index contributed by atoms with van der Waals surface area (Å²) in [5.41, 5.74) is 3.41. The molecule has 1 N–H and O–H groups in total. The SMILES string of the molecule is CCc1ccc2c(c1CN1CCC(NC)CC1)n(C)c(=O)n2N1C(=O)CCCC1=O. The number of rotatable bonds is 5. The third-order valence-corrected chi connectivity index (χ3v) is 6.60. The third kappa shape index (κ3) is 3.48. The van der Waals surface area contributed by atoms with E-state index in [4.69, 9.17) is 0 Å². The molecule has 8 nitrogen and oxygen atoms in total. The fourth-order valence-corrected chi connectivity index (χ4v) is 4.82. The van der Waals surface area contributed by atoms with E-state index < -0.39 is 0 Å². The summed E-state index contributed by atoms with van der Waals surface area (Å²) in [6.45, 7) is 4.88. The van der Waals surface area contributed by atoms with Gasteiger partial charge < -0.3 is 5.32 Å². The zero-order valence-electron chi connectivity index (χ0n) is 18.1. The predicted octanol–water partition coefficient (Wildman–Crippen LogP) is 1.26. The molecule has 2 aliphatic rings. The smallest absolute Gasteiger partial charge is 0.317 e. The molecular formula is C22H31N5O3. The molecule has 1 aromatic carbocycles. The number of aromatic nitrogens is 2. The number of nitrogens with zero attached hydrogens (tertiary/aromatic N) is 4. The Balaban J connectivity index is 1.80. The van der Waals surface area contributed by atoms with Gasteiger partial charge in [0.15, 0.2) is 0 Å². The number of piperidine rings is 2. The third-order valence-electron chi connectivity index (χ3n) is 6.60. The van der Waals surface area contributed by atoms with E-state index in [2.05, 4.69) is 17.1 Å². The molecule has 4 rings (SSSR count). The van der Waals surface area contributed by atoms with Gasteiger partial charge in [0.1, 0.15) is 0 Å². The fourth-order valence-electron chi connectivity index (χ4n) is 4.82. The second-order valence-electron chi connectivity index (χ2n) is 8.37. The largest absolute Gasteiger partial charge is 0.348 e. The zero-order valence-corrected chi connectivity index (χ0v) is 18.1. The van der Waals surface area contributed by atoms with E-state index in [-0.39, 0.29) is 30.3 Å². The van der Waals surface area contributed by atoms with E-state index in [9.17, 15) is 14.4 Å². The fraction of sp³-hybridized carbons (Fsp3) is 0.591. The Morgan fingerprint density at radius 2 is 1.73 bits per heavy atom. The van der Waals surface area contributed by atoms with Crippen LogP contribution in [0.25, 0.3) is 11.0 Å². The van der Waals surface area contributed by atoms with E-state index in [1.54, 1.807) is 11.6 Å². The molecule has 162 valence electrons. The molecule has 0 radical (unpaired) electrons. The highest BCUT2D eigenvalue weighted by Gasteiger charge is 2.32. The number of fused-ring (bicyclic) bond motifs is 1. The minimum atomic E-state index is -0.350. The maximum Gasteiger partial charge on any atom is 0.348 e. The van der Waals surface area contributed by atoms with Gasteiger partial charge in [0.2, 0.25) is 11.8 Å². The van der Waals surface area contributed by atoms with Crippen LogP contribution in [0.5, 0.6) is 0 Å². The second kappa shape index (κ2) is 8.35. The Morgan fingerprint density at radius 1 is 1.07 bits per heavy atom. The number of imide groups is 1. The topological polar surface area (TPSA) is 79.6 Å². The molecule has 0 spiro atoms. The van der Waals surface area contributed by atoms with Gasteiger partial charge in [-0.2, -0.15) is 9.69 Å². The lowest BCUT2D eigenvalue weighted by Gasteiger charge is -2.32. The van der Waals surface area contributed by atoms with Crippen LogP contribution in [-0.2, 0) is 29.6 Å². The molecule has 0 aliphatic carbocycles. The maximum absolute atomic E-state index is 13.2. The van der Waals surface area contributed by atoms with Crippen molar-refractivity contribution in [3.63, 3.8) is 0 Å². The number of nitrogens with one attached hydrogen (secondary N) is 1. The van der Waals surface area contributed by atoms with Crippen LogP contribution < -0.4 is 16.0 Å². The first-order valence-corrected chi connectivity index (χ1v) is 10.9. The van der Waals surface area contributed by atoms with Crippen molar-refractivity contribution in [3.05, 3.63) is 33.7 Å². The van der Waals surface area contributed by atoms with Gasteiger partial charge in [-0.05, 0) is 63.0 Å². The monoisotopic (exact) mass is 413 g/mol. The minimum Gasteiger partial charge on any atom is -0.317 e. The summed E-state index contributed by atoms with van der Waals surface area (Å²) >= 11 is 0. The average Bonchev–Trinajstić information content (AvgIpc) is 3.00. The van der Waals surface area contributed by atoms with Gasteiger partial charge in [-0.1, -0.05) is 13.0 Å². The van der Waals surface area contributed by atoms with Crippen molar-refractivity contribution in [1.82, 2.24) is 19.5 Å². The minimum absolute atomic E-state index is 0.287. The molecule has 2 saturated heterocycles. The van der Waals surface area contributed by atoms with Crippen LogP contribution in [0.1, 0.15) is 50.2 Å². The van der Waals surface area contributed by atoms with Crippen molar-refractivity contribution in [2.75, 3.05) is 25.1 Å². The zero-order chi connectivity index (χ0) is 21.4. The quantitative estimate of drug-likeness (QED) is 0.747. The van der Waals surface area contributed by atoms with Crippen molar-refractivity contribution in [1.29, 1.82) is 0 Å². The summed E-state index contributed by atoms with van der Waals surface area (Å²) in [4.78, 5) is 40.6. The van der Waals surface area contributed by atoms with Crippen LogP contribution in [0.3, 0.4) is 0 Å². The standard InChI is InChI=1S/C22H31N5O3/c1-4-15-8-9-18-21(17(15)14-25-12-10-16(23-2)11-13-25)24(3)22(30)26(18)27-19(28)6-5-7-20(27)29/h8-9,16,23H,4-7,10-14H2,1-3H3. The number of carbonyl (C=O) groups is 2. The summed E-state index contributed by atoms with van der Waals surface area (Å²) in [6, 6.07) is 4.47. The van der Waals surface area contributed by atoms with Gasteiger partial charge in [-0.15, -0.1) is 0 Å². The Hall–Kier alpha value is -2.45. The predicted molar refractivity (Wildman–Crippen MR) is 116 cm³/mol. The molecule has 3 heterocycles. The number of imidazole rings is 1. The highest BCUT2D eigenvalue weighted by Crippen LogP contribution is 2.26. The molecule has 0 unspecified atom stereocenters. The molecular weight excluding hydrogens is 382 g/mol. The summed E-state index contributed by atoms with van der Waals surface area (Å²) in [5.74, 6) is -0.618. The van der Waals surface area contributed by atoms with E-state index in [0.717, 1.165) is 55.0 Å². The molecule has 2 fully saturated rings. The Morgan fingerprint density at radius 3 is 2.33 bits per heavy atom. The molecule has 0 bridgehead atoms. The lowest BCUT2D eigenvalue weighted by atomic mass is 10.00. The molecule has 8 heteroatoms. The van der Waals surface area contributed by atoms with Crippen LogP contribution in [0, 0.1) is 0 Å². The van der Waals surface area contributed by atoms with Crippen LogP contribution in [-0.4, -0.2) is 52.1 Å². The van der Waals surface area contributed by atoms with Gasteiger partial charge in [0, 0.05) is 32.5 Å². The van der Waals surface area contributed by atoms with Crippen LogP contribution >= 0.6 is 0 Å². The number of amides is 2. The van der Waals surface area contributed by atoms with Gasteiger partial charge in [-0.3, -0.25) is 19.1 Å². The first kappa shape index (κ1) is 20.8. The van der Waals surface area contributed by atoms with Gasteiger partial charge in [0.25, 0.3) is 0 Å². The number of carbonyl (C=O) groups excluding carboxylic acids is 2. The number of hydrogen-bond acceptors (Lipinski definition) is 5. The van der Waals surface area contributed by atoms with Gasteiger partial charge in [-0.25, -0.2) is 4.79 Å². The molecule has 2 aromatic rings. The van der Waals surface area contributed by atoms with Crippen molar-refractivity contribution in [2.45, 2.75) is 58.0 Å². The van der Waals surface area contributed by atoms with Crippen molar-refractivity contribution in [2.24, 2.45) is 7.05 Å². The van der Waals surface area contributed by atoms with Crippen molar-refractivity contribution < 1.29 is 9.59 Å². The van der Waals surface area contributed by atoms with Crippen molar-refractivity contribution >= 4 is 22.8 Å². The maximum atomic E-state index is 13.2. The summed E-state index contributed by atoms with van der Waals surface area (Å²) in [6.07, 6.45) is 4.18. The molecule has 2 aliphatic heterocycles. The Labute approximate surface area is 176 Å². The summed E-state index contributed by atoms with van der Waals surface area (Å²) in [5, 5.41) is 4.42. The molecule has 2 amide bonds. The summed E-state index contributed by atoms with van der Waals surface area (Å²) in [7, 11) is 3.74. The van der Waals surface area contributed by atoms with Crippen molar-refractivity contribution in [3.8, 4) is 0 Å². The van der Waals surface area contributed by atoms with E-state index in [0.29, 0.717) is 18.0 Å². The Bertz CT molecular complexity index is 1010. The first-order chi connectivity index (χ1) is 14.5. The van der Waals surface area contributed by atoms with E-state index in [1.807, 2.05) is 19.2 Å². The Kier molecular flexibility index (Phi) is 5.79. The highest BCUT2D eigenvalue weighted by molar-refractivity contribution is 6.11. The molecule has 1 aromatic heterocycles. The second-order valence-corrected chi connectivity index (χ2v) is 8.37. The number of hydrogen-bond donors (Lipinski definition) is 1. The first-order valence-electron chi connectivity index (χ1n) is 10.9. The lowest BCUT2D eigenvalue weighted by molar-refractivity contribution is -0.131. The van der Waals surface area contributed by atoms with Gasteiger partial charge in [0.05, 0.1) is 11.0 Å². The molecule has 30 heavy (non-hydrogen) atoms. The number of aryl methyl sites for hydroxylation is 2. The van der Waals surface area contributed by atoms with Crippen LogP contribution in [0.4, 0.5) is 0 Å². The number of benzene rings is 1. The summed E-state index contributed by atoms with van der Waals surface area (Å²) < 4.78 is 2.88. The normalized spacial score (nSPS) is 19.2. The van der Waals surface area contributed by atoms with E-state index in [1.165, 1.54) is 10.2 Å². The average molecular weight is 414 g/mol. The van der Waals surface area contributed by atoms with Crippen LogP contribution in [0.2, 0.25) is 0 Å². The highest BCUT2D eigenvalue weighted by atomic mass is 16.2. The van der Waals surface area contributed by atoms with Crippen LogP contribution in [0.15, 0.2) is 16.9 Å². The van der Waals surface area contributed by atoms with Gasteiger partial charge >= 0.3 is 5.69 Å². The number of likely N-dealkylation sites (tertiary alicyclic amines) is 1.